The molecule has 27 heteroatoms. The molecule has 2 saturated heterocycles. The lowest BCUT2D eigenvalue weighted by atomic mass is 10.1. The van der Waals surface area contributed by atoms with E-state index in [0.717, 1.165) is 10.9 Å². The molecule has 2 aliphatic rings. The summed E-state index contributed by atoms with van der Waals surface area (Å²) in [6, 6.07) is 0.167. The number of ether oxygens (including phenoxy) is 3. The van der Waals surface area contributed by atoms with Crippen LogP contribution in [0.5, 0.6) is 0 Å². The Kier molecular flexibility index (Phi) is 12.9. The molecule has 0 radical (unpaired) electrons. The van der Waals surface area contributed by atoms with E-state index in [1.54, 1.807) is 0 Å². The predicted molar refractivity (Wildman–Crippen MR) is 187 cm³/mol. The maximum absolute atomic E-state index is 13.3. The molecule has 0 amide bonds. The first-order chi connectivity index (χ1) is 24.7. The number of anilines is 2. The summed E-state index contributed by atoms with van der Waals surface area (Å²) >= 11 is 0. The van der Waals surface area contributed by atoms with Gasteiger partial charge in [-0.15, -0.1) is 0 Å². The maximum Gasteiger partial charge on any atom is 0.472 e. The number of fused-ring (bicyclic) bond motifs is 1. The van der Waals surface area contributed by atoms with Crippen molar-refractivity contribution in [3.8, 4) is 0 Å². The molecular weight excluding hydrogens is 788 g/mol. The van der Waals surface area contributed by atoms with Crippen LogP contribution >= 0.6 is 37.2 Å². The lowest BCUT2D eigenvalue weighted by Gasteiger charge is -2.24. The Balaban J connectivity index is 1.33. The van der Waals surface area contributed by atoms with E-state index in [4.69, 9.17) is 40.5 Å². The van der Waals surface area contributed by atoms with Gasteiger partial charge in [0.05, 0.1) is 19.5 Å². The fourth-order valence-electron chi connectivity index (χ4n) is 5.18. The zero-order valence-electron chi connectivity index (χ0n) is 28.3. The van der Waals surface area contributed by atoms with Gasteiger partial charge < -0.3 is 51.2 Å². The van der Waals surface area contributed by atoms with Crippen LogP contribution in [0.2, 0.25) is 0 Å². The molecular formula is C26H39N9O14P2S2. The molecule has 23 nitrogen and oxygen atoms in total. The molecule has 2 fully saturated rings. The van der Waals surface area contributed by atoms with Crippen molar-refractivity contribution in [1.29, 1.82) is 0 Å². The number of imidazole rings is 1. The van der Waals surface area contributed by atoms with Crippen LogP contribution in [-0.4, -0.2) is 115 Å². The molecule has 0 saturated carbocycles. The maximum atomic E-state index is 13.3. The van der Waals surface area contributed by atoms with Crippen molar-refractivity contribution < 1.29 is 61.5 Å². The minimum absolute atomic E-state index is 0.0410. The topological polar surface area (TPSA) is 344 Å². The number of phosphoric ester groups is 2. The molecule has 3 aromatic rings. The summed E-state index contributed by atoms with van der Waals surface area (Å²) < 4.78 is 59.3. The van der Waals surface area contributed by atoms with Crippen LogP contribution in [0.3, 0.4) is 0 Å². The minimum Gasteiger partial charge on any atom is -0.455 e. The van der Waals surface area contributed by atoms with Crippen LogP contribution in [0.1, 0.15) is 39.6 Å². The lowest BCUT2D eigenvalue weighted by molar-refractivity contribution is -0.157. The second-order valence-electron chi connectivity index (χ2n) is 12.7. The number of aliphatic hydroxyl groups is 1. The Labute approximate surface area is 308 Å². The van der Waals surface area contributed by atoms with Crippen LogP contribution in [0.25, 0.3) is 11.2 Å². The van der Waals surface area contributed by atoms with Gasteiger partial charge in [0.2, 0.25) is 0 Å². The third kappa shape index (κ3) is 10.7. The zero-order chi connectivity index (χ0) is 38.9. The number of nitrogens with zero attached hydrogens (tertiary/aromatic N) is 6. The summed E-state index contributed by atoms with van der Waals surface area (Å²) in [5, 5.41) is 11.4. The monoisotopic (exact) mass is 827 g/mol. The Morgan fingerprint density at radius 2 is 1.81 bits per heavy atom. The fraction of sp³-hybridized carbons (Fsp3) is 0.615. The average molecular weight is 828 g/mol. The predicted octanol–water partition coefficient (Wildman–Crippen LogP) is -0.176. The Morgan fingerprint density at radius 1 is 1.09 bits per heavy atom. The van der Waals surface area contributed by atoms with Crippen molar-refractivity contribution in [2.75, 3.05) is 30.4 Å². The number of phosphoric acid groups is 2. The fourth-order valence-corrected chi connectivity index (χ4v) is 8.89. The van der Waals surface area contributed by atoms with Gasteiger partial charge in [0.15, 0.2) is 23.8 Å². The van der Waals surface area contributed by atoms with E-state index in [2.05, 4.69) is 24.5 Å². The van der Waals surface area contributed by atoms with Gasteiger partial charge >= 0.3 is 27.3 Å². The largest absolute Gasteiger partial charge is 0.472 e. The molecule has 53 heavy (non-hydrogen) atoms. The summed E-state index contributed by atoms with van der Waals surface area (Å²) in [4.78, 5) is 70.6. The van der Waals surface area contributed by atoms with Crippen molar-refractivity contribution in [3.05, 3.63) is 35.4 Å². The average Bonchev–Trinajstić information content (AvgIpc) is 3.74. The number of carbonyl (C=O) groups is 1. The highest BCUT2D eigenvalue weighted by Gasteiger charge is 2.50. The Bertz CT molecular complexity index is 1930. The number of hydrogen-bond donors (Lipinski definition) is 7. The van der Waals surface area contributed by atoms with E-state index in [1.807, 2.05) is 20.8 Å². The van der Waals surface area contributed by atoms with E-state index < -0.39 is 89.5 Å². The van der Waals surface area contributed by atoms with Crippen LogP contribution in [0.15, 0.2) is 29.7 Å². The summed E-state index contributed by atoms with van der Waals surface area (Å²) in [6.07, 6.45) is -6.53. The van der Waals surface area contributed by atoms with Crippen molar-refractivity contribution in [2.45, 2.75) is 81.0 Å². The van der Waals surface area contributed by atoms with Gasteiger partial charge in [-0.25, -0.2) is 28.9 Å². The summed E-state index contributed by atoms with van der Waals surface area (Å²) in [7, 11) is -7.31. The molecule has 294 valence electrons. The van der Waals surface area contributed by atoms with Gasteiger partial charge in [0, 0.05) is 23.1 Å². The summed E-state index contributed by atoms with van der Waals surface area (Å²) in [6.45, 7) is 4.33. The van der Waals surface area contributed by atoms with Crippen LogP contribution in [0, 0.1) is 0 Å². The normalized spacial score (nSPS) is 26.8. The molecule has 5 heterocycles. The molecule has 1 unspecified atom stereocenters. The molecule has 0 spiro atoms. The smallest absolute Gasteiger partial charge is 0.455 e. The van der Waals surface area contributed by atoms with Crippen LogP contribution in [0.4, 0.5) is 11.6 Å². The third-order valence-corrected chi connectivity index (χ3v) is 12.4. The van der Waals surface area contributed by atoms with E-state index in [-0.39, 0.29) is 39.7 Å². The summed E-state index contributed by atoms with van der Waals surface area (Å²) in [5.41, 5.74) is 17.0. The first-order valence-electron chi connectivity index (χ1n) is 15.6. The first-order valence-corrected chi connectivity index (χ1v) is 20.9. The molecule has 10 N–H and O–H groups in total. The van der Waals surface area contributed by atoms with Gasteiger partial charge in [-0.2, -0.15) is 4.98 Å². The summed E-state index contributed by atoms with van der Waals surface area (Å²) in [5.74, 6) is -0.784. The number of carbonyl (C=O) groups excluding carboxylic acids is 1. The number of nitrogen functional groups attached to an aromatic ring is 2. The number of esters is 1. The molecule has 0 aliphatic carbocycles. The standard InChI is InChI=1S/C26H39N9O14P2S2/c1-26(2,3)53-52-9-12(27)24(37)48-20-15(47-23(19(20)36)35-11-32-18-21(29)30-10-31-22(18)35)8-45-51(42,43)49-13-6-17(34-5-4-16(28)33-25(34)38)46-14(13)7-44-50(39,40)41/h4-5,10-15,17,19-20,23,36H,6-9,27H2,1-3H3,(H,42,43)(H2,28,33,38)(H2,29,30,31)(H2,39,40,41)/t12-,13-,14+,15+,17+,19+,20+,23+/m0/s1. The second-order valence-corrected chi connectivity index (χ2v) is 18.5. The lowest BCUT2D eigenvalue weighted by Crippen LogP contribution is -2.43. The Morgan fingerprint density at radius 3 is 2.49 bits per heavy atom. The highest BCUT2D eigenvalue weighted by Crippen LogP contribution is 2.50. The highest BCUT2D eigenvalue weighted by molar-refractivity contribution is 8.77. The van der Waals surface area contributed by atoms with Crippen molar-refractivity contribution in [2.24, 2.45) is 5.73 Å². The van der Waals surface area contributed by atoms with E-state index >= 15 is 0 Å². The molecule has 2 aliphatic heterocycles. The van der Waals surface area contributed by atoms with Crippen LogP contribution < -0.4 is 22.9 Å². The van der Waals surface area contributed by atoms with Gasteiger partial charge in [0.1, 0.15) is 54.3 Å². The van der Waals surface area contributed by atoms with E-state index in [9.17, 15) is 38.5 Å². The van der Waals surface area contributed by atoms with Crippen LogP contribution in [-0.2, 0) is 41.7 Å². The first kappa shape index (κ1) is 41.4. The van der Waals surface area contributed by atoms with E-state index in [1.165, 1.54) is 44.7 Å². The molecule has 0 bridgehead atoms. The number of rotatable bonds is 15. The number of hydrogen-bond acceptors (Lipinski definition) is 20. The van der Waals surface area contributed by atoms with Gasteiger partial charge in [-0.3, -0.25) is 27.5 Å². The van der Waals surface area contributed by atoms with E-state index in [0.29, 0.717) is 0 Å². The highest BCUT2D eigenvalue weighted by atomic mass is 33.1. The zero-order valence-corrected chi connectivity index (χ0v) is 31.7. The molecule has 0 aromatic carbocycles. The Hall–Kier alpha value is -2.74. The van der Waals surface area contributed by atoms with Crippen molar-refractivity contribution >= 4 is 66.0 Å². The second kappa shape index (κ2) is 16.5. The number of nitrogens with two attached hydrogens (primary N) is 3. The SMILES string of the molecule is CC(C)(C)SSC[C@H](N)C(=O)O[C@H]1[C@@H](O)[C@H](n2cnc3c(N)ncnc32)O[C@@H]1COP(=O)(O)O[C@H]1C[C@H](n2ccc(N)nc2=O)O[C@@H]1COP(=O)(O)O. The van der Waals surface area contributed by atoms with Gasteiger partial charge in [0.25, 0.3) is 0 Å². The molecule has 9 atom stereocenters. The quantitative estimate of drug-likeness (QED) is 0.0593. The number of aliphatic hydroxyl groups excluding tert-OH is 1. The van der Waals surface area contributed by atoms with Crippen molar-refractivity contribution in [1.82, 2.24) is 29.1 Å². The molecule has 3 aromatic heterocycles. The third-order valence-electron chi connectivity index (χ3n) is 7.50. The van der Waals surface area contributed by atoms with Gasteiger partial charge in [-0.1, -0.05) is 42.4 Å². The number of aromatic nitrogens is 6. The minimum atomic E-state index is -5.13. The van der Waals surface area contributed by atoms with Gasteiger partial charge in [-0.05, 0) is 6.07 Å². The molecule has 5 rings (SSSR count). The van der Waals surface area contributed by atoms with Crippen molar-refractivity contribution in [3.63, 3.8) is 0 Å².